The van der Waals surface area contributed by atoms with Crippen molar-refractivity contribution < 1.29 is 4.74 Å². The van der Waals surface area contributed by atoms with E-state index in [0.717, 1.165) is 36.8 Å². The van der Waals surface area contributed by atoms with Gasteiger partial charge in [-0.3, -0.25) is 4.90 Å². The topological polar surface area (TPSA) is 41.7 Å². The molecule has 1 aliphatic rings. The summed E-state index contributed by atoms with van der Waals surface area (Å²) in [6.07, 6.45) is 0. The molecule has 0 bridgehead atoms. The van der Waals surface area contributed by atoms with Gasteiger partial charge in [0, 0.05) is 25.2 Å². The lowest BCUT2D eigenvalue weighted by molar-refractivity contribution is 0.139. The summed E-state index contributed by atoms with van der Waals surface area (Å²) in [5.41, 5.74) is 8.14. The monoisotopic (exact) mass is 249 g/mol. The molecule has 4 nitrogen and oxygen atoms in total. The highest BCUT2D eigenvalue weighted by Crippen LogP contribution is 2.34. The number of hydrogen-bond donors (Lipinski definition) is 1. The Morgan fingerprint density at radius 2 is 2.00 bits per heavy atom. The van der Waals surface area contributed by atoms with Crippen LogP contribution in [0.4, 0.5) is 11.4 Å². The second kappa shape index (κ2) is 4.69. The van der Waals surface area contributed by atoms with Gasteiger partial charge in [-0.2, -0.15) is 0 Å². The van der Waals surface area contributed by atoms with Crippen LogP contribution >= 0.6 is 0 Å². The molecule has 0 saturated carbocycles. The summed E-state index contributed by atoms with van der Waals surface area (Å²) in [6, 6.07) is 5.97. The number of methoxy groups -OCH3 is 1. The summed E-state index contributed by atoms with van der Waals surface area (Å²) in [5.74, 6) is 0.754. The van der Waals surface area contributed by atoms with Crippen molar-refractivity contribution in [2.24, 2.45) is 0 Å². The first-order valence-corrected chi connectivity index (χ1v) is 6.34. The molecule has 1 aromatic rings. The molecule has 100 valence electrons. The molecule has 1 saturated heterocycles. The van der Waals surface area contributed by atoms with Gasteiger partial charge in [0.1, 0.15) is 5.75 Å². The molecule has 0 aliphatic carbocycles. The van der Waals surface area contributed by atoms with Crippen LogP contribution < -0.4 is 15.4 Å². The first-order valence-electron chi connectivity index (χ1n) is 6.34. The number of nitrogens with two attached hydrogens (primary N) is 1. The molecule has 2 N–H and O–H groups in total. The zero-order chi connectivity index (χ0) is 13.3. The number of nitrogens with zero attached hydrogens (tertiary/aromatic N) is 2. The molecule has 4 heteroatoms. The van der Waals surface area contributed by atoms with Crippen LogP contribution in [0.5, 0.6) is 5.75 Å². The highest BCUT2D eigenvalue weighted by molar-refractivity contribution is 5.74. The van der Waals surface area contributed by atoms with Crippen LogP contribution in [0.25, 0.3) is 0 Å². The Kier molecular flexibility index (Phi) is 3.39. The molecule has 18 heavy (non-hydrogen) atoms. The van der Waals surface area contributed by atoms with Gasteiger partial charge in [0.2, 0.25) is 0 Å². The SMILES string of the molecule is COc1cccc(N2CCN(C)C(C)(C)C2)c1N. The summed E-state index contributed by atoms with van der Waals surface area (Å²) < 4.78 is 5.29. The summed E-state index contributed by atoms with van der Waals surface area (Å²) in [6.45, 7) is 7.53. The molecule has 1 aliphatic heterocycles. The average Bonchev–Trinajstić information content (AvgIpc) is 2.33. The third-order valence-electron chi connectivity index (χ3n) is 3.92. The van der Waals surface area contributed by atoms with E-state index in [2.05, 4.69) is 36.8 Å². The van der Waals surface area contributed by atoms with Gasteiger partial charge in [0.05, 0.1) is 18.5 Å². The van der Waals surface area contributed by atoms with Gasteiger partial charge in [-0.1, -0.05) is 6.07 Å². The lowest BCUT2D eigenvalue weighted by Crippen LogP contribution is -2.57. The van der Waals surface area contributed by atoms with Crippen molar-refractivity contribution in [3.05, 3.63) is 18.2 Å². The van der Waals surface area contributed by atoms with Crippen molar-refractivity contribution in [1.29, 1.82) is 0 Å². The highest BCUT2D eigenvalue weighted by Gasteiger charge is 2.31. The van der Waals surface area contributed by atoms with Crippen LogP contribution in [-0.2, 0) is 0 Å². The average molecular weight is 249 g/mol. The van der Waals surface area contributed by atoms with E-state index >= 15 is 0 Å². The number of piperazine rings is 1. The van der Waals surface area contributed by atoms with E-state index in [1.54, 1.807) is 7.11 Å². The van der Waals surface area contributed by atoms with Gasteiger partial charge in [-0.25, -0.2) is 0 Å². The smallest absolute Gasteiger partial charge is 0.143 e. The third kappa shape index (κ3) is 2.25. The Bertz CT molecular complexity index is 431. The normalized spacial score (nSPS) is 19.9. The Morgan fingerprint density at radius 1 is 1.28 bits per heavy atom. The predicted molar refractivity (Wildman–Crippen MR) is 76.3 cm³/mol. The molecule has 0 spiro atoms. The summed E-state index contributed by atoms with van der Waals surface area (Å²) in [4.78, 5) is 4.73. The van der Waals surface area contributed by atoms with Gasteiger partial charge < -0.3 is 15.4 Å². The fourth-order valence-electron chi connectivity index (χ4n) is 2.43. The minimum atomic E-state index is 0.160. The van der Waals surface area contributed by atoms with E-state index in [9.17, 15) is 0 Å². The fraction of sp³-hybridized carbons (Fsp3) is 0.571. The largest absolute Gasteiger partial charge is 0.495 e. The second-order valence-corrected chi connectivity index (χ2v) is 5.55. The van der Waals surface area contributed by atoms with Crippen molar-refractivity contribution in [1.82, 2.24) is 4.90 Å². The zero-order valence-corrected chi connectivity index (χ0v) is 11.7. The van der Waals surface area contributed by atoms with Gasteiger partial charge in [0.25, 0.3) is 0 Å². The van der Waals surface area contributed by atoms with Crippen LogP contribution in [0, 0.1) is 0 Å². The number of rotatable bonds is 2. The van der Waals surface area contributed by atoms with Crippen LogP contribution in [-0.4, -0.2) is 44.2 Å². The maximum atomic E-state index is 6.17. The van der Waals surface area contributed by atoms with Crippen LogP contribution in [0.2, 0.25) is 0 Å². The van der Waals surface area contributed by atoms with E-state index in [1.165, 1.54) is 0 Å². The zero-order valence-electron chi connectivity index (χ0n) is 11.7. The quantitative estimate of drug-likeness (QED) is 0.812. The minimum Gasteiger partial charge on any atom is -0.495 e. The first-order chi connectivity index (χ1) is 8.45. The van der Waals surface area contributed by atoms with E-state index in [4.69, 9.17) is 10.5 Å². The first kappa shape index (κ1) is 13.0. The summed E-state index contributed by atoms with van der Waals surface area (Å²) >= 11 is 0. The van der Waals surface area contributed by atoms with E-state index in [1.807, 2.05) is 12.1 Å². The van der Waals surface area contributed by atoms with Crippen molar-refractivity contribution >= 4 is 11.4 Å². The number of benzene rings is 1. The lowest BCUT2D eigenvalue weighted by atomic mass is 9.99. The standard InChI is InChI=1S/C14H23N3O/c1-14(2)10-17(9-8-16(14)3)11-6-5-7-12(18-4)13(11)15/h5-7H,8-10,15H2,1-4H3. The van der Waals surface area contributed by atoms with Gasteiger partial charge in [-0.15, -0.1) is 0 Å². The van der Waals surface area contributed by atoms with Crippen LogP contribution in [0.1, 0.15) is 13.8 Å². The molecular weight excluding hydrogens is 226 g/mol. The number of para-hydroxylation sites is 1. The molecule has 1 aromatic carbocycles. The minimum absolute atomic E-state index is 0.160. The molecule has 0 aromatic heterocycles. The fourth-order valence-corrected chi connectivity index (χ4v) is 2.43. The predicted octanol–water partition coefficient (Wildman–Crippen LogP) is 1.81. The maximum Gasteiger partial charge on any atom is 0.143 e. The molecule has 0 unspecified atom stereocenters. The highest BCUT2D eigenvalue weighted by atomic mass is 16.5. The number of likely N-dealkylation sites (N-methyl/N-ethyl adjacent to an activating group) is 1. The van der Waals surface area contributed by atoms with Crippen molar-refractivity contribution in [3.63, 3.8) is 0 Å². The molecular formula is C14H23N3O. The Labute approximate surface area is 109 Å². The van der Waals surface area contributed by atoms with Gasteiger partial charge >= 0.3 is 0 Å². The maximum absolute atomic E-state index is 6.17. The second-order valence-electron chi connectivity index (χ2n) is 5.55. The third-order valence-corrected chi connectivity index (χ3v) is 3.92. The van der Waals surface area contributed by atoms with E-state index < -0.39 is 0 Å². The van der Waals surface area contributed by atoms with Gasteiger partial charge in [-0.05, 0) is 33.0 Å². The molecule has 1 fully saturated rings. The van der Waals surface area contributed by atoms with Crippen molar-refractivity contribution in [2.45, 2.75) is 19.4 Å². The Hall–Kier alpha value is -1.42. The van der Waals surface area contributed by atoms with Crippen molar-refractivity contribution in [3.8, 4) is 5.75 Å². The molecule has 0 radical (unpaired) electrons. The number of ether oxygens (including phenoxy) is 1. The van der Waals surface area contributed by atoms with E-state index in [-0.39, 0.29) is 5.54 Å². The Balaban J connectivity index is 2.28. The van der Waals surface area contributed by atoms with Gasteiger partial charge in [0.15, 0.2) is 0 Å². The van der Waals surface area contributed by atoms with Crippen molar-refractivity contribution in [2.75, 3.05) is 44.4 Å². The summed E-state index contributed by atoms with van der Waals surface area (Å²) in [7, 11) is 3.83. The van der Waals surface area contributed by atoms with Crippen LogP contribution in [0.15, 0.2) is 18.2 Å². The molecule has 0 amide bonds. The molecule has 0 atom stereocenters. The number of nitrogen functional groups attached to an aromatic ring is 1. The number of hydrogen-bond acceptors (Lipinski definition) is 4. The number of anilines is 2. The summed E-state index contributed by atoms with van der Waals surface area (Å²) in [5, 5.41) is 0. The molecule has 1 heterocycles. The van der Waals surface area contributed by atoms with E-state index in [0.29, 0.717) is 0 Å². The Morgan fingerprint density at radius 3 is 2.61 bits per heavy atom. The lowest BCUT2D eigenvalue weighted by Gasteiger charge is -2.46. The molecule has 2 rings (SSSR count). The van der Waals surface area contributed by atoms with Crippen LogP contribution in [0.3, 0.4) is 0 Å².